The smallest absolute Gasteiger partial charge is 0.338 e. The molecule has 54 valence electrons. The van der Waals surface area contributed by atoms with Crippen LogP contribution in [-0.2, 0) is 0 Å². The Kier molecular flexibility index (Phi) is 3.39. The van der Waals surface area contributed by atoms with Gasteiger partial charge < -0.3 is 12.4 Å². The highest BCUT2D eigenvalue weighted by Crippen LogP contribution is 2.26. The van der Waals surface area contributed by atoms with Crippen LogP contribution in [0.25, 0.3) is 0 Å². The Hall–Kier alpha value is -0.440. The van der Waals surface area contributed by atoms with E-state index >= 15 is 0 Å². The van der Waals surface area contributed by atoms with Crippen molar-refractivity contribution in [3.63, 3.8) is 0 Å². The lowest BCUT2D eigenvalue weighted by Gasteiger charge is -1.84. The van der Waals surface area contributed by atoms with Gasteiger partial charge in [-0.05, 0) is 18.8 Å². The Balaban J connectivity index is 0.000000640. The van der Waals surface area contributed by atoms with Gasteiger partial charge in [-0.1, -0.05) is 0 Å². The molecule has 1 saturated carbocycles. The van der Waals surface area contributed by atoms with Crippen LogP contribution in [0.1, 0.15) is 12.8 Å². The maximum atomic E-state index is 5.15. The third-order valence-corrected chi connectivity index (χ3v) is 1.29. The van der Waals surface area contributed by atoms with E-state index in [-0.39, 0.29) is 12.4 Å². The van der Waals surface area contributed by atoms with E-state index in [9.17, 15) is 0 Å². The van der Waals surface area contributed by atoms with Crippen molar-refractivity contribution in [2.24, 2.45) is 17.4 Å². The zero-order chi connectivity index (χ0) is 5.98. The SMILES string of the molecule is NC(N)=[NH+]CC1CC1.[Cl-]. The standard InChI is InChI=1S/C5H11N3.ClH/c6-5(7)8-3-4-1-2-4;/h4H,1-3H2,(H4,6,7,8);1H. The summed E-state index contributed by atoms with van der Waals surface area (Å²) in [7, 11) is 0. The number of hydrogen-bond donors (Lipinski definition) is 3. The van der Waals surface area contributed by atoms with Crippen LogP contribution in [0.4, 0.5) is 0 Å². The van der Waals surface area contributed by atoms with Crippen LogP contribution in [0.5, 0.6) is 0 Å². The van der Waals surface area contributed by atoms with Crippen molar-refractivity contribution in [1.29, 1.82) is 0 Å². The first kappa shape index (κ1) is 8.56. The molecule has 0 aromatic heterocycles. The van der Waals surface area contributed by atoms with Gasteiger partial charge in [0.25, 0.3) is 0 Å². The largest absolute Gasteiger partial charge is 1.00 e. The summed E-state index contributed by atoms with van der Waals surface area (Å²) < 4.78 is 0. The van der Waals surface area contributed by atoms with Gasteiger partial charge in [0.05, 0.1) is 6.54 Å². The molecule has 0 heterocycles. The molecule has 1 aliphatic rings. The van der Waals surface area contributed by atoms with E-state index in [1.54, 1.807) is 0 Å². The number of halogens is 1. The van der Waals surface area contributed by atoms with Gasteiger partial charge in [0.2, 0.25) is 0 Å². The average Bonchev–Trinajstić information content (AvgIpc) is 2.41. The molecule has 5 N–H and O–H groups in total. The molecule has 1 aliphatic carbocycles. The second kappa shape index (κ2) is 3.56. The van der Waals surface area contributed by atoms with E-state index in [1.165, 1.54) is 12.8 Å². The molecule has 0 bridgehead atoms. The van der Waals surface area contributed by atoms with Crippen molar-refractivity contribution in [3.05, 3.63) is 0 Å². The number of nitrogens with two attached hydrogens (primary N) is 2. The zero-order valence-corrected chi connectivity index (χ0v) is 5.99. The minimum atomic E-state index is 0. The summed E-state index contributed by atoms with van der Waals surface area (Å²) in [5, 5.41) is 0. The summed E-state index contributed by atoms with van der Waals surface area (Å²) in [5.74, 6) is 1.19. The van der Waals surface area contributed by atoms with Gasteiger partial charge in [-0.25, -0.2) is 0 Å². The Morgan fingerprint density at radius 1 is 1.44 bits per heavy atom. The van der Waals surface area contributed by atoms with E-state index < -0.39 is 0 Å². The molecule has 0 amide bonds. The van der Waals surface area contributed by atoms with Crippen molar-refractivity contribution in [1.82, 2.24) is 0 Å². The monoisotopic (exact) mass is 149 g/mol. The van der Waals surface area contributed by atoms with Gasteiger partial charge >= 0.3 is 5.96 Å². The molecule has 9 heavy (non-hydrogen) atoms. The maximum Gasteiger partial charge on any atom is 0.338 e. The van der Waals surface area contributed by atoms with Gasteiger partial charge in [0, 0.05) is 0 Å². The number of guanidine groups is 1. The lowest BCUT2D eigenvalue weighted by atomic mass is 10.4. The zero-order valence-electron chi connectivity index (χ0n) is 5.23. The van der Waals surface area contributed by atoms with Crippen LogP contribution in [0.15, 0.2) is 0 Å². The van der Waals surface area contributed by atoms with E-state index in [0.717, 1.165) is 12.5 Å². The predicted octanol–water partition coefficient (Wildman–Crippen LogP) is -5.25. The van der Waals surface area contributed by atoms with Crippen molar-refractivity contribution in [2.75, 3.05) is 6.54 Å². The fourth-order valence-electron chi connectivity index (χ4n) is 0.584. The topological polar surface area (TPSA) is 66.0 Å². The van der Waals surface area contributed by atoms with Crippen molar-refractivity contribution in [3.8, 4) is 0 Å². The lowest BCUT2D eigenvalue weighted by molar-refractivity contribution is -0.463. The highest BCUT2D eigenvalue weighted by Gasteiger charge is 2.20. The molecular formula is C5H12ClN3. The summed E-state index contributed by atoms with van der Waals surface area (Å²) in [5.41, 5.74) is 10.3. The van der Waals surface area contributed by atoms with E-state index in [4.69, 9.17) is 11.5 Å². The fourth-order valence-corrected chi connectivity index (χ4v) is 0.584. The third-order valence-electron chi connectivity index (χ3n) is 1.29. The first-order valence-electron chi connectivity index (χ1n) is 2.91. The van der Waals surface area contributed by atoms with Gasteiger partial charge in [-0.3, -0.25) is 16.5 Å². The first-order valence-corrected chi connectivity index (χ1v) is 2.91. The van der Waals surface area contributed by atoms with Gasteiger partial charge in [0.1, 0.15) is 0 Å². The Labute approximate surface area is 60.9 Å². The minimum Gasteiger partial charge on any atom is -1.00 e. The number of nitrogens with one attached hydrogen (secondary N) is 1. The van der Waals surface area contributed by atoms with Crippen LogP contribution in [0.3, 0.4) is 0 Å². The molecule has 1 fully saturated rings. The van der Waals surface area contributed by atoms with Crippen LogP contribution < -0.4 is 28.9 Å². The third kappa shape index (κ3) is 4.09. The number of hydrogen-bond acceptors (Lipinski definition) is 0. The molecule has 0 aliphatic heterocycles. The molecule has 1 rings (SSSR count). The summed E-state index contributed by atoms with van der Waals surface area (Å²) in [6, 6.07) is 0. The van der Waals surface area contributed by atoms with E-state index in [1.807, 2.05) is 0 Å². The predicted molar refractivity (Wildman–Crippen MR) is 31.9 cm³/mol. The second-order valence-electron chi connectivity index (χ2n) is 2.28. The van der Waals surface area contributed by atoms with Gasteiger partial charge in [-0.15, -0.1) is 0 Å². The first-order chi connectivity index (χ1) is 3.79. The highest BCUT2D eigenvalue weighted by molar-refractivity contribution is 5.69. The molecule has 0 aromatic rings. The molecule has 0 atom stereocenters. The van der Waals surface area contributed by atoms with Crippen LogP contribution in [0, 0.1) is 5.92 Å². The van der Waals surface area contributed by atoms with Gasteiger partial charge in [-0.2, -0.15) is 0 Å². The quantitative estimate of drug-likeness (QED) is 0.272. The summed E-state index contributed by atoms with van der Waals surface area (Å²) in [6.45, 7) is 0.961. The van der Waals surface area contributed by atoms with Crippen molar-refractivity contribution in [2.45, 2.75) is 12.8 Å². The lowest BCUT2D eigenvalue weighted by Crippen LogP contribution is -3.00. The van der Waals surface area contributed by atoms with E-state index in [0.29, 0.717) is 5.96 Å². The normalized spacial score (nSPS) is 16.0. The number of rotatable bonds is 2. The summed E-state index contributed by atoms with van der Waals surface area (Å²) >= 11 is 0. The molecule has 0 aromatic carbocycles. The molecule has 4 heteroatoms. The molecule has 0 unspecified atom stereocenters. The highest BCUT2D eigenvalue weighted by atomic mass is 35.5. The molecule has 0 saturated heterocycles. The fraction of sp³-hybridized carbons (Fsp3) is 0.800. The molecule has 3 nitrogen and oxygen atoms in total. The molecule has 0 spiro atoms. The molecular weight excluding hydrogens is 138 g/mol. The van der Waals surface area contributed by atoms with Crippen LogP contribution >= 0.6 is 0 Å². The van der Waals surface area contributed by atoms with Crippen molar-refractivity contribution >= 4 is 5.96 Å². The minimum absolute atomic E-state index is 0. The second-order valence-corrected chi connectivity index (χ2v) is 2.28. The Morgan fingerprint density at radius 3 is 2.33 bits per heavy atom. The van der Waals surface area contributed by atoms with Crippen molar-refractivity contribution < 1.29 is 17.4 Å². The Morgan fingerprint density at radius 2 is 2.00 bits per heavy atom. The summed E-state index contributed by atoms with van der Waals surface area (Å²) in [6.07, 6.45) is 2.67. The average molecular weight is 150 g/mol. The van der Waals surface area contributed by atoms with Crippen LogP contribution in [0.2, 0.25) is 0 Å². The summed E-state index contributed by atoms with van der Waals surface area (Å²) in [4.78, 5) is 2.88. The maximum absolute atomic E-state index is 5.15. The van der Waals surface area contributed by atoms with Gasteiger partial charge in [0.15, 0.2) is 0 Å². The van der Waals surface area contributed by atoms with E-state index in [2.05, 4.69) is 4.99 Å². The Bertz CT molecular complexity index is 105. The van der Waals surface area contributed by atoms with Crippen LogP contribution in [-0.4, -0.2) is 12.5 Å². The molecule has 0 radical (unpaired) electrons.